The molecule has 1 aromatic heterocycles. The summed E-state index contributed by atoms with van der Waals surface area (Å²) in [7, 11) is 0. The summed E-state index contributed by atoms with van der Waals surface area (Å²) < 4.78 is 3.23. The number of aromatic nitrogens is 1. The topological polar surface area (TPSA) is 70.2 Å². The van der Waals surface area contributed by atoms with Gasteiger partial charge in [0.1, 0.15) is 0 Å². The number of halogens is 1. The van der Waals surface area contributed by atoms with Crippen LogP contribution in [0.15, 0.2) is 82.4 Å². The molecule has 0 radical (unpaired) electrons. The van der Waals surface area contributed by atoms with Gasteiger partial charge < -0.3 is 4.57 Å². The predicted molar refractivity (Wildman–Crippen MR) is 131 cm³/mol. The van der Waals surface area contributed by atoms with Crippen LogP contribution in [-0.2, 0) is 4.79 Å². The number of nitriles is 1. The highest BCUT2D eigenvalue weighted by Crippen LogP contribution is 2.31. The van der Waals surface area contributed by atoms with E-state index in [4.69, 9.17) is 0 Å². The molecule has 3 aromatic carbocycles. The zero-order chi connectivity index (χ0) is 22.7. The minimum atomic E-state index is -0.907. The first kappa shape index (κ1) is 21.5. The Morgan fingerprint density at radius 2 is 1.75 bits per heavy atom. The molecule has 0 fully saturated rings. The first-order chi connectivity index (χ1) is 15.5. The van der Waals surface area contributed by atoms with Crippen LogP contribution in [0.2, 0.25) is 0 Å². The zero-order valence-corrected chi connectivity index (χ0v) is 19.3. The lowest BCUT2D eigenvalue weighted by Gasteiger charge is -2.14. The normalized spacial score (nSPS) is 12.1. The van der Waals surface area contributed by atoms with Gasteiger partial charge in [-0.1, -0.05) is 70.5 Å². The van der Waals surface area contributed by atoms with Crippen molar-refractivity contribution in [2.75, 3.05) is 0 Å². The van der Waals surface area contributed by atoms with Crippen LogP contribution in [0.3, 0.4) is 0 Å². The molecule has 6 heteroatoms. The standard InChI is InChI=1S/C26H21BrN4O/c1-17-14-20(16-29-30-26(32)23(15-28)19-8-4-3-5-9-19)18(2)31(17)25-13-12-24(27)21-10-6-7-11-22(21)25/h3-14,16,23H,1-2H3,(H,30,32)/b29-16-/t23-/m0/s1. The molecule has 158 valence electrons. The maximum Gasteiger partial charge on any atom is 0.261 e. The lowest BCUT2D eigenvalue weighted by molar-refractivity contribution is -0.121. The monoisotopic (exact) mass is 484 g/mol. The Kier molecular flexibility index (Phi) is 6.20. The Morgan fingerprint density at radius 1 is 1.06 bits per heavy atom. The molecular formula is C26H21BrN4O. The van der Waals surface area contributed by atoms with Crippen LogP contribution in [0.5, 0.6) is 0 Å². The molecule has 0 unspecified atom stereocenters. The highest BCUT2D eigenvalue weighted by molar-refractivity contribution is 9.10. The second-order valence-electron chi connectivity index (χ2n) is 7.48. The van der Waals surface area contributed by atoms with Crippen LogP contribution in [0.4, 0.5) is 0 Å². The summed E-state index contributed by atoms with van der Waals surface area (Å²) in [4.78, 5) is 12.5. The average molecular weight is 485 g/mol. The number of aryl methyl sites for hydroxylation is 1. The number of hydrazone groups is 1. The highest BCUT2D eigenvalue weighted by atomic mass is 79.9. The smallest absolute Gasteiger partial charge is 0.261 e. The number of amides is 1. The molecule has 0 aliphatic heterocycles. The van der Waals surface area contributed by atoms with Crippen molar-refractivity contribution in [1.82, 2.24) is 9.99 Å². The van der Waals surface area contributed by atoms with Crippen molar-refractivity contribution in [3.63, 3.8) is 0 Å². The third-order valence-electron chi connectivity index (χ3n) is 5.46. The van der Waals surface area contributed by atoms with Gasteiger partial charge in [-0.15, -0.1) is 0 Å². The van der Waals surface area contributed by atoms with Gasteiger partial charge in [0.25, 0.3) is 5.91 Å². The van der Waals surface area contributed by atoms with Crippen molar-refractivity contribution in [3.8, 4) is 11.8 Å². The number of fused-ring (bicyclic) bond motifs is 1. The quantitative estimate of drug-likeness (QED) is 0.288. The molecule has 0 spiro atoms. The van der Waals surface area contributed by atoms with E-state index in [0.29, 0.717) is 5.56 Å². The molecule has 5 nitrogen and oxygen atoms in total. The summed E-state index contributed by atoms with van der Waals surface area (Å²) in [6.45, 7) is 4.07. The lowest BCUT2D eigenvalue weighted by Crippen LogP contribution is -2.24. The molecule has 0 saturated heterocycles. The molecule has 1 N–H and O–H groups in total. The van der Waals surface area contributed by atoms with E-state index < -0.39 is 11.8 Å². The predicted octanol–water partition coefficient (Wildman–Crippen LogP) is 5.77. The Morgan fingerprint density at radius 3 is 2.47 bits per heavy atom. The largest absolute Gasteiger partial charge is 0.317 e. The number of nitrogens with one attached hydrogen (secondary N) is 1. The van der Waals surface area contributed by atoms with Crippen LogP contribution in [0, 0.1) is 25.2 Å². The number of hydrogen-bond acceptors (Lipinski definition) is 3. The number of carbonyl (C=O) groups excluding carboxylic acids is 1. The molecule has 1 amide bonds. The molecule has 1 heterocycles. The van der Waals surface area contributed by atoms with E-state index in [1.807, 2.05) is 44.2 Å². The summed E-state index contributed by atoms with van der Waals surface area (Å²) in [6, 6.07) is 25.4. The Bertz CT molecular complexity index is 1370. The van der Waals surface area contributed by atoms with Crippen molar-refractivity contribution in [1.29, 1.82) is 5.26 Å². The second kappa shape index (κ2) is 9.21. The fourth-order valence-electron chi connectivity index (χ4n) is 3.89. The van der Waals surface area contributed by atoms with Crippen LogP contribution in [-0.4, -0.2) is 16.7 Å². The van der Waals surface area contributed by atoms with Crippen molar-refractivity contribution in [2.24, 2.45) is 5.10 Å². The fourth-order valence-corrected chi connectivity index (χ4v) is 4.37. The summed E-state index contributed by atoms with van der Waals surface area (Å²) in [5, 5.41) is 15.8. The van der Waals surface area contributed by atoms with E-state index in [9.17, 15) is 10.1 Å². The minimum Gasteiger partial charge on any atom is -0.317 e. The third kappa shape index (κ3) is 4.08. The summed E-state index contributed by atoms with van der Waals surface area (Å²) in [5.41, 5.74) is 7.18. The van der Waals surface area contributed by atoms with Gasteiger partial charge in [0.05, 0.1) is 18.0 Å². The van der Waals surface area contributed by atoms with Gasteiger partial charge >= 0.3 is 0 Å². The number of rotatable bonds is 5. The number of nitrogens with zero attached hydrogens (tertiary/aromatic N) is 3. The molecule has 32 heavy (non-hydrogen) atoms. The van der Waals surface area contributed by atoms with Gasteiger partial charge in [-0.3, -0.25) is 4.79 Å². The van der Waals surface area contributed by atoms with Crippen LogP contribution < -0.4 is 5.43 Å². The first-order valence-corrected chi connectivity index (χ1v) is 10.9. The number of hydrogen-bond donors (Lipinski definition) is 1. The molecule has 4 rings (SSSR count). The maximum absolute atomic E-state index is 12.5. The number of benzene rings is 3. The zero-order valence-electron chi connectivity index (χ0n) is 17.7. The first-order valence-electron chi connectivity index (χ1n) is 10.2. The van der Waals surface area contributed by atoms with Crippen molar-refractivity contribution in [2.45, 2.75) is 19.8 Å². The van der Waals surface area contributed by atoms with Crippen molar-refractivity contribution < 1.29 is 4.79 Å². The van der Waals surface area contributed by atoms with E-state index in [-0.39, 0.29) is 0 Å². The van der Waals surface area contributed by atoms with Gasteiger partial charge in [-0.05, 0) is 43.0 Å². The van der Waals surface area contributed by atoms with Gasteiger partial charge in [0, 0.05) is 26.8 Å². The van der Waals surface area contributed by atoms with Crippen LogP contribution in [0.1, 0.15) is 28.4 Å². The lowest BCUT2D eigenvalue weighted by atomic mass is 10.0. The Hall–Kier alpha value is -3.69. The molecule has 0 aliphatic carbocycles. The van der Waals surface area contributed by atoms with Crippen molar-refractivity contribution >= 4 is 38.8 Å². The number of carbonyl (C=O) groups is 1. The minimum absolute atomic E-state index is 0.456. The Labute approximate surface area is 195 Å². The van der Waals surface area contributed by atoms with E-state index >= 15 is 0 Å². The van der Waals surface area contributed by atoms with E-state index in [0.717, 1.165) is 37.9 Å². The van der Waals surface area contributed by atoms with Crippen molar-refractivity contribution in [3.05, 3.63) is 99.8 Å². The van der Waals surface area contributed by atoms with E-state index in [1.54, 1.807) is 30.5 Å². The summed E-state index contributed by atoms with van der Waals surface area (Å²) in [5.74, 6) is -1.36. The van der Waals surface area contributed by atoms with E-state index in [1.165, 1.54) is 0 Å². The molecule has 0 saturated carbocycles. The molecular weight excluding hydrogens is 464 g/mol. The molecule has 1 atom stereocenters. The molecule has 0 aliphatic rings. The SMILES string of the molecule is Cc1cc(/C=N\NC(=O)[C@@H](C#N)c2ccccc2)c(C)n1-c1ccc(Br)c2ccccc12. The van der Waals surface area contributed by atoms with Gasteiger partial charge in [0.15, 0.2) is 5.92 Å². The van der Waals surface area contributed by atoms with E-state index in [2.05, 4.69) is 55.3 Å². The highest BCUT2D eigenvalue weighted by Gasteiger charge is 2.19. The van der Waals surface area contributed by atoms with Gasteiger partial charge in [-0.25, -0.2) is 5.43 Å². The maximum atomic E-state index is 12.5. The molecule has 0 bridgehead atoms. The molecule has 4 aromatic rings. The van der Waals surface area contributed by atoms with Gasteiger partial charge in [0.2, 0.25) is 0 Å². The summed E-state index contributed by atoms with van der Waals surface area (Å²) >= 11 is 3.63. The summed E-state index contributed by atoms with van der Waals surface area (Å²) in [6.07, 6.45) is 1.62. The van der Waals surface area contributed by atoms with Crippen LogP contribution >= 0.6 is 15.9 Å². The fraction of sp³-hybridized carbons (Fsp3) is 0.115. The van der Waals surface area contributed by atoms with Gasteiger partial charge in [-0.2, -0.15) is 10.4 Å². The average Bonchev–Trinajstić information content (AvgIpc) is 3.08. The second-order valence-corrected chi connectivity index (χ2v) is 8.34. The van der Waals surface area contributed by atoms with Crippen LogP contribution in [0.25, 0.3) is 16.5 Å². The Balaban J connectivity index is 1.61. The third-order valence-corrected chi connectivity index (χ3v) is 6.15.